The Morgan fingerprint density at radius 2 is 1.58 bits per heavy atom. The summed E-state index contributed by atoms with van der Waals surface area (Å²) in [5.41, 5.74) is 8.25. The number of carboxylic acids is 1. The standard InChI is InChI=1S/C26H26N4O6/c27-26(36)20(11-14-25(34)35)29-23(32)15-28-22(31)12-13-24(33)30-16-19-7-2-1-5-17(19)9-10-18-6-3-4-8-21(18)30/h1-8,20H,11-16H2,(H2,27,36)(H,28,31)(H,29,32)(H,34,35)/t20-/m0/s1. The predicted molar refractivity (Wildman–Crippen MR) is 130 cm³/mol. The van der Waals surface area contributed by atoms with E-state index in [-0.39, 0.29) is 31.6 Å². The number of rotatable bonds is 10. The number of amides is 4. The number of carbonyl (C=O) groups is 5. The van der Waals surface area contributed by atoms with Gasteiger partial charge in [0, 0.05) is 30.4 Å². The van der Waals surface area contributed by atoms with Crippen molar-refractivity contribution in [3.05, 3.63) is 65.2 Å². The first-order valence-electron chi connectivity index (χ1n) is 11.3. The lowest BCUT2D eigenvalue weighted by Crippen LogP contribution is -2.48. The lowest BCUT2D eigenvalue weighted by Gasteiger charge is -2.26. The van der Waals surface area contributed by atoms with E-state index in [0.717, 1.165) is 11.1 Å². The molecule has 1 heterocycles. The van der Waals surface area contributed by atoms with Crippen LogP contribution in [0.15, 0.2) is 48.5 Å². The zero-order valence-electron chi connectivity index (χ0n) is 19.5. The molecule has 1 atom stereocenters. The van der Waals surface area contributed by atoms with Crippen molar-refractivity contribution >= 4 is 35.3 Å². The maximum atomic E-state index is 13.1. The van der Waals surface area contributed by atoms with Crippen molar-refractivity contribution < 1.29 is 29.1 Å². The normalized spacial score (nSPS) is 12.4. The van der Waals surface area contributed by atoms with Gasteiger partial charge in [-0.3, -0.25) is 24.0 Å². The number of hydrogen-bond acceptors (Lipinski definition) is 5. The van der Waals surface area contributed by atoms with Gasteiger partial charge in [0.15, 0.2) is 0 Å². The lowest BCUT2D eigenvalue weighted by molar-refractivity contribution is -0.137. The molecule has 1 aliphatic rings. The van der Waals surface area contributed by atoms with Crippen molar-refractivity contribution in [3.63, 3.8) is 0 Å². The molecule has 5 N–H and O–H groups in total. The van der Waals surface area contributed by atoms with Gasteiger partial charge in [-0.1, -0.05) is 42.2 Å². The Morgan fingerprint density at radius 3 is 2.31 bits per heavy atom. The summed E-state index contributed by atoms with van der Waals surface area (Å²) in [4.78, 5) is 61.1. The molecule has 2 aromatic rings. The zero-order valence-corrected chi connectivity index (χ0v) is 19.5. The molecule has 3 rings (SSSR count). The minimum absolute atomic E-state index is 0.0973. The molecule has 186 valence electrons. The summed E-state index contributed by atoms with van der Waals surface area (Å²) >= 11 is 0. The van der Waals surface area contributed by atoms with Crippen molar-refractivity contribution in [2.45, 2.75) is 38.3 Å². The first kappa shape index (κ1) is 26.0. The predicted octanol–water partition coefficient (Wildman–Crippen LogP) is 0.664. The van der Waals surface area contributed by atoms with Crippen LogP contribution >= 0.6 is 0 Å². The van der Waals surface area contributed by atoms with E-state index in [0.29, 0.717) is 17.8 Å². The summed E-state index contributed by atoms with van der Waals surface area (Å²) in [6, 6.07) is 13.7. The van der Waals surface area contributed by atoms with Crippen molar-refractivity contribution in [2.75, 3.05) is 11.4 Å². The Balaban J connectivity index is 1.57. The van der Waals surface area contributed by atoms with Gasteiger partial charge >= 0.3 is 5.97 Å². The number of benzene rings is 2. The average Bonchev–Trinajstić information content (AvgIpc) is 2.84. The number of fused-ring (bicyclic) bond motifs is 2. The Labute approximate surface area is 207 Å². The molecular formula is C26H26N4O6. The summed E-state index contributed by atoms with van der Waals surface area (Å²) in [5.74, 6) is 2.75. The van der Waals surface area contributed by atoms with Crippen LogP contribution in [-0.2, 0) is 30.5 Å². The number of nitrogens with two attached hydrogens (primary N) is 1. The smallest absolute Gasteiger partial charge is 0.303 e. The fourth-order valence-electron chi connectivity index (χ4n) is 3.63. The van der Waals surface area contributed by atoms with Gasteiger partial charge in [0.2, 0.25) is 23.6 Å². The fourth-order valence-corrected chi connectivity index (χ4v) is 3.63. The third kappa shape index (κ3) is 7.17. The zero-order chi connectivity index (χ0) is 26.1. The molecule has 0 aliphatic carbocycles. The topological polar surface area (TPSA) is 159 Å². The van der Waals surface area contributed by atoms with Gasteiger partial charge in [-0.25, -0.2) is 0 Å². The Kier molecular flexibility index (Phi) is 8.78. The number of para-hydroxylation sites is 1. The lowest BCUT2D eigenvalue weighted by atomic mass is 10.0. The molecule has 1 aliphatic heterocycles. The third-order valence-corrected chi connectivity index (χ3v) is 5.51. The average molecular weight is 491 g/mol. The summed E-state index contributed by atoms with van der Waals surface area (Å²) in [5, 5.41) is 13.4. The highest BCUT2D eigenvalue weighted by atomic mass is 16.4. The van der Waals surface area contributed by atoms with Gasteiger partial charge in [-0.2, -0.15) is 0 Å². The van der Waals surface area contributed by atoms with E-state index >= 15 is 0 Å². The number of anilines is 1. The fraction of sp³-hybridized carbons (Fsp3) is 0.269. The van der Waals surface area contributed by atoms with Crippen LogP contribution in [0, 0.1) is 11.8 Å². The second-order valence-corrected chi connectivity index (χ2v) is 8.14. The molecule has 4 amide bonds. The highest BCUT2D eigenvalue weighted by Gasteiger charge is 2.22. The number of primary amides is 1. The molecule has 0 fully saturated rings. The van der Waals surface area contributed by atoms with E-state index in [1.54, 1.807) is 11.0 Å². The van der Waals surface area contributed by atoms with E-state index in [1.165, 1.54) is 0 Å². The number of hydrogen-bond donors (Lipinski definition) is 4. The molecule has 2 aromatic carbocycles. The van der Waals surface area contributed by atoms with Gasteiger partial charge < -0.3 is 26.4 Å². The SMILES string of the molecule is NC(=O)[C@H](CCC(=O)O)NC(=O)CNC(=O)CCC(=O)N1Cc2ccccc2C#Cc2ccccc21. The summed E-state index contributed by atoms with van der Waals surface area (Å²) < 4.78 is 0. The van der Waals surface area contributed by atoms with E-state index in [2.05, 4.69) is 22.5 Å². The first-order valence-corrected chi connectivity index (χ1v) is 11.3. The highest BCUT2D eigenvalue weighted by Crippen LogP contribution is 2.26. The van der Waals surface area contributed by atoms with Gasteiger partial charge in [0.1, 0.15) is 6.04 Å². The molecule has 0 radical (unpaired) electrons. The second kappa shape index (κ2) is 12.2. The van der Waals surface area contributed by atoms with Crippen LogP contribution in [0.4, 0.5) is 5.69 Å². The summed E-state index contributed by atoms with van der Waals surface area (Å²) in [7, 11) is 0. The van der Waals surface area contributed by atoms with Gasteiger partial charge in [0.25, 0.3) is 0 Å². The van der Waals surface area contributed by atoms with Crippen molar-refractivity contribution in [1.29, 1.82) is 0 Å². The number of carboxylic acid groups (broad SMARTS) is 1. The van der Waals surface area contributed by atoms with Crippen LogP contribution in [0.25, 0.3) is 0 Å². The highest BCUT2D eigenvalue weighted by molar-refractivity contribution is 5.97. The largest absolute Gasteiger partial charge is 0.481 e. The first-order chi connectivity index (χ1) is 17.2. The maximum Gasteiger partial charge on any atom is 0.303 e. The van der Waals surface area contributed by atoms with Crippen LogP contribution in [0.2, 0.25) is 0 Å². The molecule has 0 bridgehead atoms. The molecule has 0 spiro atoms. The Bertz CT molecular complexity index is 1250. The van der Waals surface area contributed by atoms with Gasteiger partial charge in [-0.15, -0.1) is 0 Å². The number of carbonyl (C=O) groups excluding carboxylic acids is 4. The van der Waals surface area contributed by atoms with Crippen LogP contribution in [0.5, 0.6) is 0 Å². The number of aliphatic carboxylic acids is 1. The third-order valence-electron chi connectivity index (χ3n) is 5.51. The van der Waals surface area contributed by atoms with Crippen LogP contribution in [0.1, 0.15) is 42.4 Å². The molecule has 10 heteroatoms. The molecule has 0 saturated heterocycles. The van der Waals surface area contributed by atoms with Crippen molar-refractivity contribution in [3.8, 4) is 11.8 Å². The quantitative estimate of drug-likeness (QED) is 0.358. The van der Waals surface area contributed by atoms with E-state index in [9.17, 15) is 24.0 Å². The molecule has 0 saturated carbocycles. The number of nitrogens with zero attached hydrogens (tertiary/aromatic N) is 1. The van der Waals surface area contributed by atoms with Crippen molar-refractivity contribution in [2.24, 2.45) is 5.73 Å². The van der Waals surface area contributed by atoms with Crippen LogP contribution in [-0.4, -0.2) is 47.3 Å². The van der Waals surface area contributed by atoms with Gasteiger partial charge in [0.05, 0.1) is 18.8 Å². The summed E-state index contributed by atoms with van der Waals surface area (Å²) in [6.45, 7) is -0.144. The molecule has 0 unspecified atom stereocenters. The van der Waals surface area contributed by atoms with E-state index in [1.807, 2.05) is 42.5 Å². The number of nitrogens with one attached hydrogen (secondary N) is 2. The molecule has 36 heavy (non-hydrogen) atoms. The minimum atomic E-state index is -1.16. The molecule has 10 nitrogen and oxygen atoms in total. The van der Waals surface area contributed by atoms with Crippen LogP contribution < -0.4 is 21.3 Å². The van der Waals surface area contributed by atoms with Gasteiger partial charge in [-0.05, 0) is 30.2 Å². The van der Waals surface area contributed by atoms with E-state index in [4.69, 9.17) is 10.8 Å². The monoisotopic (exact) mass is 490 g/mol. The minimum Gasteiger partial charge on any atom is -0.481 e. The van der Waals surface area contributed by atoms with E-state index < -0.39 is 36.3 Å². The Morgan fingerprint density at radius 1 is 0.917 bits per heavy atom. The molecule has 0 aromatic heterocycles. The second-order valence-electron chi connectivity index (χ2n) is 8.14. The molecular weight excluding hydrogens is 464 g/mol. The Hall–Kier alpha value is -4.65. The van der Waals surface area contributed by atoms with Crippen LogP contribution in [0.3, 0.4) is 0 Å². The van der Waals surface area contributed by atoms with Crippen molar-refractivity contribution in [1.82, 2.24) is 10.6 Å². The maximum absolute atomic E-state index is 13.1. The summed E-state index contributed by atoms with van der Waals surface area (Å²) in [6.07, 6.45) is -0.766.